The zero-order chi connectivity index (χ0) is 26.1. The van der Waals surface area contributed by atoms with E-state index < -0.39 is 66.1 Å². The van der Waals surface area contributed by atoms with Crippen LogP contribution in [0.1, 0.15) is 6.92 Å². The third kappa shape index (κ3) is 3.83. The number of alkyl halides is 17. The highest BCUT2D eigenvalue weighted by Gasteiger charge is 2.96. The maximum Gasteiger partial charge on any atom is 0.424 e. The Morgan fingerprint density at radius 2 is 0.710 bits per heavy atom. The Kier molecular flexibility index (Phi) is 7.69. The standard InChI is InChI=1S/C10H4Cl3F17Si/c1-2(14)3(15,16)4(17,18)5(19,20)6(21,22)7(23,24)8(25,26)9(27,28)10(29,30)31(11,12)13/h2H,1H3. The molecule has 1 atom stereocenters. The predicted octanol–water partition coefficient (Wildman–Crippen LogP) is 7.62. The van der Waals surface area contributed by atoms with Gasteiger partial charge in [0.25, 0.3) is 0 Å². The largest absolute Gasteiger partial charge is 0.424 e. The molecule has 21 heteroatoms. The van der Waals surface area contributed by atoms with Crippen LogP contribution in [0.25, 0.3) is 0 Å². The summed E-state index contributed by atoms with van der Waals surface area (Å²) in [6.45, 7) is -0.671. The minimum absolute atomic E-state index is 0.671. The maximum absolute atomic E-state index is 13.4. The van der Waals surface area contributed by atoms with Crippen LogP contribution >= 0.6 is 33.2 Å². The van der Waals surface area contributed by atoms with Gasteiger partial charge in [0.05, 0.1) is 0 Å². The molecule has 0 aliphatic carbocycles. The smallest absolute Gasteiger partial charge is 0.241 e. The second-order valence-electron chi connectivity index (χ2n) is 5.76. The van der Waals surface area contributed by atoms with Crippen molar-refractivity contribution in [1.82, 2.24) is 0 Å². The molecule has 31 heavy (non-hydrogen) atoms. The summed E-state index contributed by atoms with van der Waals surface area (Å²) in [7, 11) is 0. The Labute approximate surface area is 174 Å². The van der Waals surface area contributed by atoms with Crippen molar-refractivity contribution in [2.75, 3.05) is 0 Å². The predicted molar refractivity (Wildman–Crippen MR) is 73.5 cm³/mol. The lowest BCUT2D eigenvalue weighted by Gasteiger charge is -2.44. The molecule has 0 N–H and O–H groups in total. The number of rotatable bonds is 9. The molecule has 0 heterocycles. The third-order valence-corrected chi connectivity index (χ3v) is 6.80. The van der Waals surface area contributed by atoms with E-state index in [1.54, 1.807) is 0 Å². The summed E-state index contributed by atoms with van der Waals surface area (Å²) in [6.07, 6.45) is -4.51. The summed E-state index contributed by atoms with van der Waals surface area (Å²) in [6, 6.07) is -6.63. The summed E-state index contributed by atoms with van der Waals surface area (Å²) in [4.78, 5) is 0. The molecule has 0 saturated carbocycles. The van der Waals surface area contributed by atoms with Gasteiger partial charge >= 0.3 is 53.0 Å². The Balaban J connectivity index is 6.91. The first-order valence-electron chi connectivity index (χ1n) is 6.67. The molecule has 188 valence electrons. The Bertz CT molecular complexity index is 668. The molecule has 0 aliphatic heterocycles. The first-order chi connectivity index (χ1) is 12.9. The molecule has 0 saturated heterocycles. The van der Waals surface area contributed by atoms with Crippen LogP contribution in [0.15, 0.2) is 0 Å². The van der Waals surface area contributed by atoms with Crippen molar-refractivity contribution >= 4 is 39.2 Å². The molecule has 0 fully saturated rings. The van der Waals surface area contributed by atoms with Gasteiger partial charge in [-0.05, 0) is 6.92 Å². The number of halogens is 20. The lowest BCUT2D eigenvalue weighted by Crippen LogP contribution is -2.76. The zero-order valence-electron chi connectivity index (χ0n) is 13.6. The van der Waals surface area contributed by atoms with Gasteiger partial charge in [0.15, 0.2) is 6.17 Å². The van der Waals surface area contributed by atoms with E-state index in [9.17, 15) is 74.6 Å². The van der Waals surface area contributed by atoms with Gasteiger partial charge in [-0.2, -0.15) is 70.2 Å². The van der Waals surface area contributed by atoms with Crippen LogP contribution in [0.3, 0.4) is 0 Å². The van der Waals surface area contributed by atoms with E-state index in [4.69, 9.17) is 0 Å². The molecule has 0 aliphatic rings. The molecule has 0 aromatic heterocycles. The fourth-order valence-corrected chi connectivity index (χ4v) is 3.20. The van der Waals surface area contributed by atoms with Crippen LogP contribution in [0.4, 0.5) is 74.6 Å². The third-order valence-electron chi connectivity index (χ3n) is 3.64. The molecule has 0 rings (SSSR count). The van der Waals surface area contributed by atoms with Crippen LogP contribution in [-0.2, 0) is 0 Å². The fourth-order valence-electron chi connectivity index (χ4n) is 1.62. The van der Waals surface area contributed by atoms with E-state index in [0.717, 1.165) is 0 Å². The van der Waals surface area contributed by atoms with Crippen LogP contribution in [-0.4, -0.2) is 59.2 Å². The van der Waals surface area contributed by atoms with Crippen LogP contribution in [0, 0.1) is 0 Å². The maximum atomic E-state index is 13.4. The molecule has 0 spiro atoms. The van der Waals surface area contributed by atoms with E-state index in [2.05, 4.69) is 33.2 Å². The van der Waals surface area contributed by atoms with Gasteiger partial charge < -0.3 is 0 Å². The van der Waals surface area contributed by atoms with Gasteiger partial charge in [0.1, 0.15) is 0 Å². The van der Waals surface area contributed by atoms with Gasteiger partial charge in [-0.15, -0.1) is 33.2 Å². The second kappa shape index (κ2) is 7.71. The van der Waals surface area contributed by atoms with Crippen LogP contribution < -0.4 is 0 Å². The first-order valence-corrected chi connectivity index (χ1v) is 11.7. The van der Waals surface area contributed by atoms with E-state index in [1.807, 2.05) is 0 Å². The van der Waals surface area contributed by atoms with Crippen molar-refractivity contribution in [3.63, 3.8) is 0 Å². The van der Waals surface area contributed by atoms with Crippen molar-refractivity contribution in [3.05, 3.63) is 0 Å². The summed E-state index contributed by atoms with van der Waals surface area (Å²) < 4.78 is 225. The average molecular weight is 582 g/mol. The molecular formula is C10H4Cl3F17Si. The molecule has 0 aromatic rings. The van der Waals surface area contributed by atoms with E-state index in [0.29, 0.717) is 0 Å². The van der Waals surface area contributed by atoms with Gasteiger partial charge in [-0.1, -0.05) is 0 Å². The molecular weight excluding hydrogens is 578 g/mol. The highest BCUT2D eigenvalue weighted by atomic mass is 35.8. The van der Waals surface area contributed by atoms with Crippen molar-refractivity contribution in [2.45, 2.75) is 60.1 Å². The summed E-state index contributed by atoms with van der Waals surface area (Å²) in [5.41, 5.74) is -6.93. The van der Waals surface area contributed by atoms with Crippen molar-refractivity contribution in [1.29, 1.82) is 0 Å². The molecule has 0 aromatic carbocycles. The molecule has 1 unspecified atom stereocenters. The lowest BCUT2D eigenvalue weighted by atomic mass is 9.88. The number of hydrogen-bond acceptors (Lipinski definition) is 0. The Morgan fingerprint density at radius 3 is 0.935 bits per heavy atom. The van der Waals surface area contributed by atoms with Gasteiger partial charge in [0, 0.05) is 0 Å². The van der Waals surface area contributed by atoms with Gasteiger partial charge in [-0.3, -0.25) is 0 Å². The summed E-state index contributed by atoms with van der Waals surface area (Å²) in [5.74, 6) is -57.0. The molecule has 0 nitrogen and oxygen atoms in total. The fraction of sp³-hybridized carbons (Fsp3) is 1.00. The van der Waals surface area contributed by atoms with E-state index >= 15 is 0 Å². The molecule has 0 amide bonds. The lowest BCUT2D eigenvalue weighted by molar-refractivity contribution is -0.451. The minimum Gasteiger partial charge on any atom is -0.241 e. The zero-order valence-corrected chi connectivity index (χ0v) is 16.9. The van der Waals surface area contributed by atoms with Crippen molar-refractivity contribution in [3.8, 4) is 0 Å². The number of hydrogen-bond donors (Lipinski definition) is 0. The van der Waals surface area contributed by atoms with Crippen LogP contribution in [0.5, 0.6) is 0 Å². The second-order valence-corrected chi connectivity index (χ2v) is 14.2. The topological polar surface area (TPSA) is 0 Å². The average Bonchev–Trinajstić information content (AvgIpc) is 2.52. The first kappa shape index (κ1) is 30.9. The highest BCUT2D eigenvalue weighted by molar-refractivity contribution is 7.65. The normalized spacial score (nSPS) is 17.7. The minimum atomic E-state index is -8.64. The molecule has 0 bridgehead atoms. The van der Waals surface area contributed by atoms with E-state index in [-0.39, 0.29) is 0 Å². The molecule has 0 radical (unpaired) electrons. The van der Waals surface area contributed by atoms with Crippen molar-refractivity contribution in [2.24, 2.45) is 0 Å². The Morgan fingerprint density at radius 1 is 0.484 bits per heavy atom. The highest BCUT2D eigenvalue weighted by Crippen LogP contribution is 2.65. The Hall–Kier alpha value is -0.103. The van der Waals surface area contributed by atoms with Gasteiger partial charge in [-0.25, -0.2) is 4.39 Å². The summed E-state index contributed by atoms with van der Waals surface area (Å²) >= 11 is 12.9. The SMILES string of the molecule is CC(F)C(F)(F)C(F)(F)C(F)(F)C(F)(F)C(F)(F)C(F)(F)C(F)(F)C(F)(F)[Si](Cl)(Cl)Cl. The summed E-state index contributed by atoms with van der Waals surface area (Å²) in [5, 5.41) is 0. The van der Waals surface area contributed by atoms with Gasteiger partial charge in [0.2, 0.25) is 0 Å². The van der Waals surface area contributed by atoms with Crippen LogP contribution in [0.2, 0.25) is 0 Å². The van der Waals surface area contributed by atoms with Crippen molar-refractivity contribution < 1.29 is 74.6 Å². The monoisotopic (exact) mass is 580 g/mol. The quantitative estimate of drug-likeness (QED) is 0.149. The van der Waals surface area contributed by atoms with E-state index in [1.165, 1.54) is 0 Å².